The zero-order valence-electron chi connectivity index (χ0n) is 17.9. The van der Waals surface area contributed by atoms with Crippen molar-refractivity contribution >= 4 is 27.5 Å². The Morgan fingerprint density at radius 1 is 1.14 bits per heavy atom. The summed E-state index contributed by atoms with van der Waals surface area (Å²) in [5.41, 5.74) is 1.60. The molecule has 29 heavy (non-hydrogen) atoms. The maximum atomic E-state index is 13.1. The number of rotatable bonds is 4. The van der Waals surface area contributed by atoms with E-state index >= 15 is 0 Å². The molecule has 0 spiro atoms. The molecule has 3 atom stereocenters. The predicted molar refractivity (Wildman–Crippen MR) is 112 cm³/mol. The molecule has 2 aliphatic rings. The Morgan fingerprint density at radius 3 is 2.34 bits per heavy atom. The largest absolute Gasteiger partial charge is 0.341 e. The van der Waals surface area contributed by atoms with E-state index in [2.05, 4.69) is 13.8 Å². The number of fused-ring (bicyclic) bond motifs is 1. The first-order valence-corrected chi connectivity index (χ1v) is 11.6. The van der Waals surface area contributed by atoms with Crippen molar-refractivity contribution in [1.29, 1.82) is 0 Å². The van der Waals surface area contributed by atoms with E-state index in [-0.39, 0.29) is 29.3 Å². The molecule has 0 saturated carbocycles. The van der Waals surface area contributed by atoms with Gasteiger partial charge in [-0.25, -0.2) is 8.42 Å². The van der Waals surface area contributed by atoms with Crippen molar-refractivity contribution in [2.45, 2.75) is 51.5 Å². The van der Waals surface area contributed by atoms with Gasteiger partial charge in [-0.2, -0.15) is 4.31 Å². The molecule has 0 radical (unpaired) electrons. The summed E-state index contributed by atoms with van der Waals surface area (Å²) in [7, 11) is -2.35. The highest BCUT2D eigenvalue weighted by Crippen LogP contribution is 2.34. The average molecular weight is 422 g/mol. The molecule has 0 aliphatic carbocycles. The van der Waals surface area contributed by atoms with Crippen LogP contribution in [0.3, 0.4) is 0 Å². The quantitative estimate of drug-likeness (QED) is 0.746. The van der Waals surface area contributed by atoms with Gasteiger partial charge in [0.2, 0.25) is 21.8 Å². The van der Waals surface area contributed by atoms with E-state index in [0.29, 0.717) is 31.3 Å². The third-order valence-corrected chi connectivity index (χ3v) is 7.69. The van der Waals surface area contributed by atoms with Gasteiger partial charge in [0.25, 0.3) is 0 Å². The van der Waals surface area contributed by atoms with Gasteiger partial charge in [-0.1, -0.05) is 13.8 Å². The maximum absolute atomic E-state index is 13.1. The van der Waals surface area contributed by atoms with Crippen LogP contribution in [-0.2, 0) is 26.0 Å². The molecular weight excluding hydrogens is 390 g/mol. The van der Waals surface area contributed by atoms with Gasteiger partial charge in [-0.05, 0) is 55.4 Å². The zero-order valence-corrected chi connectivity index (χ0v) is 18.7. The van der Waals surface area contributed by atoms with E-state index in [1.54, 1.807) is 21.9 Å². The Hall–Kier alpha value is -1.93. The van der Waals surface area contributed by atoms with Crippen LogP contribution in [0.5, 0.6) is 0 Å². The van der Waals surface area contributed by atoms with Crippen LogP contribution in [0, 0.1) is 11.8 Å². The summed E-state index contributed by atoms with van der Waals surface area (Å²) in [4.78, 5) is 28.2. The fourth-order valence-electron chi connectivity index (χ4n) is 4.67. The lowest BCUT2D eigenvalue weighted by molar-refractivity contribution is -0.133. The molecule has 0 bridgehead atoms. The second kappa shape index (κ2) is 8.07. The fourth-order valence-corrected chi connectivity index (χ4v) is 5.84. The van der Waals surface area contributed by atoms with Crippen LogP contribution < -0.4 is 4.90 Å². The van der Waals surface area contributed by atoms with Crippen molar-refractivity contribution in [2.24, 2.45) is 11.8 Å². The van der Waals surface area contributed by atoms with Crippen LogP contribution in [0.2, 0.25) is 0 Å². The fraction of sp³-hybridized carbons (Fsp3) is 0.619. The molecule has 3 unspecified atom stereocenters. The number of likely N-dealkylation sites (tertiary alicyclic amines) is 1. The Kier molecular flexibility index (Phi) is 6.06. The van der Waals surface area contributed by atoms with Crippen molar-refractivity contribution in [1.82, 2.24) is 9.21 Å². The first-order chi connectivity index (χ1) is 13.5. The highest BCUT2D eigenvalue weighted by Gasteiger charge is 2.32. The number of nitrogens with zero attached hydrogens (tertiary/aromatic N) is 3. The van der Waals surface area contributed by atoms with E-state index in [1.165, 1.54) is 20.0 Å². The van der Waals surface area contributed by atoms with Gasteiger partial charge >= 0.3 is 0 Å². The molecule has 2 heterocycles. The summed E-state index contributed by atoms with van der Waals surface area (Å²) in [5, 5.41) is 0. The standard InChI is InChI=1S/C21H31N3O4S/c1-14-8-15(2)12-23(11-14)21(26)13-22(5)29(27,28)19-6-7-20-18(10-19)9-16(3)24(20)17(4)25/h6-7,10,14-16H,8-9,11-13H2,1-5H3. The van der Waals surface area contributed by atoms with Crippen molar-refractivity contribution in [2.75, 3.05) is 31.6 Å². The van der Waals surface area contributed by atoms with Gasteiger partial charge in [-0.15, -0.1) is 0 Å². The van der Waals surface area contributed by atoms with Gasteiger partial charge in [-0.3, -0.25) is 9.59 Å². The Labute approximate surface area is 173 Å². The molecule has 160 valence electrons. The summed E-state index contributed by atoms with van der Waals surface area (Å²) in [6.45, 7) is 8.87. The number of amides is 2. The van der Waals surface area contributed by atoms with Gasteiger partial charge in [0.1, 0.15) is 0 Å². The zero-order chi connectivity index (χ0) is 21.5. The SMILES string of the molecule is CC(=O)N1c2ccc(S(=O)(=O)N(C)CC(=O)N3CC(C)CC(C)C3)cc2CC1C. The summed E-state index contributed by atoms with van der Waals surface area (Å²) in [6, 6.07) is 4.85. The molecule has 0 aromatic heterocycles. The normalized spacial score (nSPS) is 24.7. The number of hydrogen-bond acceptors (Lipinski definition) is 4. The lowest BCUT2D eigenvalue weighted by Crippen LogP contribution is -2.47. The number of likely N-dealkylation sites (N-methyl/N-ethyl adjacent to an activating group) is 1. The van der Waals surface area contributed by atoms with E-state index in [4.69, 9.17) is 0 Å². The van der Waals surface area contributed by atoms with Crippen LogP contribution in [0.4, 0.5) is 5.69 Å². The molecule has 8 heteroatoms. The molecule has 1 saturated heterocycles. The third kappa shape index (κ3) is 4.33. The minimum absolute atomic E-state index is 0.00263. The predicted octanol–water partition coefficient (Wildman–Crippen LogP) is 2.11. The topological polar surface area (TPSA) is 78.0 Å². The summed E-state index contributed by atoms with van der Waals surface area (Å²) >= 11 is 0. The van der Waals surface area contributed by atoms with Crippen LogP contribution in [0.1, 0.15) is 39.7 Å². The molecule has 0 N–H and O–H groups in total. The van der Waals surface area contributed by atoms with Crippen molar-refractivity contribution in [3.8, 4) is 0 Å². The molecule has 1 aromatic rings. The minimum Gasteiger partial charge on any atom is -0.341 e. The average Bonchev–Trinajstić information content (AvgIpc) is 2.95. The summed E-state index contributed by atoms with van der Waals surface area (Å²) in [6.07, 6.45) is 1.70. The van der Waals surface area contributed by atoms with Gasteiger partial charge < -0.3 is 9.80 Å². The number of carbonyl (C=O) groups is 2. The minimum atomic E-state index is -3.79. The van der Waals surface area contributed by atoms with Crippen LogP contribution in [0.25, 0.3) is 0 Å². The van der Waals surface area contributed by atoms with Crippen molar-refractivity contribution < 1.29 is 18.0 Å². The van der Waals surface area contributed by atoms with E-state index < -0.39 is 10.0 Å². The lowest BCUT2D eigenvalue weighted by atomic mass is 9.92. The second-order valence-electron chi connectivity index (χ2n) is 8.74. The van der Waals surface area contributed by atoms with Crippen molar-refractivity contribution in [3.05, 3.63) is 23.8 Å². The lowest BCUT2D eigenvalue weighted by Gasteiger charge is -2.35. The van der Waals surface area contributed by atoms with E-state index in [1.807, 2.05) is 6.92 Å². The Morgan fingerprint density at radius 2 is 1.76 bits per heavy atom. The molecular formula is C21H31N3O4S. The molecule has 1 aromatic carbocycles. The van der Waals surface area contributed by atoms with E-state index in [0.717, 1.165) is 22.0 Å². The number of piperidine rings is 1. The van der Waals surface area contributed by atoms with Crippen molar-refractivity contribution in [3.63, 3.8) is 0 Å². The molecule has 2 amide bonds. The molecule has 3 rings (SSSR count). The second-order valence-corrected chi connectivity index (χ2v) is 10.8. The number of sulfonamides is 1. The van der Waals surface area contributed by atoms with Gasteiger partial charge in [0.15, 0.2) is 0 Å². The Bertz CT molecular complexity index is 905. The smallest absolute Gasteiger partial charge is 0.243 e. The summed E-state index contributed by atoms with van der Waals surface area (Å²) in [5.74, 6) is 0.631. The number of benzene rings is 1. The molecule has 2 aliphatic heterocycles. The van der Waals surface area contributed by atoms with Crippen LogP contribution >= 0.6 is 0 Å². The number of anilines is 1. The first-order valence-electron chi connectivity index (χ1n) is 10.2. The number of carbonyl (C=O) groups excluding carboxylic acids is 2. The number of hydrogen-bond donors (Lipinski definition) is 0. The highest BCUT2D eigenvalue weighted by molar-refractivity contribution is 7.89. The maximum Gasteiger partial charge on any atom is 0.243 e. The van der Waals surface area contributed by atoms with E-state index in [9.17, 15) is 18.0 Å². The molecule has 7 nitrogen and oxygen atoms in total. The van der Waals surface area contributed by atoms with Crippen LogP contribution in [0.15, 0.2) is 23.1 Å². The van der Waals surface area contributed by atoms with Gasteiger partial charge in [0.05, 0.1) is 11.4 Å². The monoisotopic (exact) mass is 421 g/mol. The van der Waals surface area contributed by atoms with Crippen LogP contribution in [-0.4, -0.2) is 62.2 Å². The summed E-state index contributed by atoms with van der Waals surface area (Å²) < 4.78 is 27.2. The third-order valence-electron chi connectivity index (χ3n) is 5.89. The van der Waals surface area contributed by atoms with Gasteiger partial charge in [0, 0.05) is 38.8 Å². The highest BCUT2D eigenvalue weighted by atomic mass is 32.2. The Balaban J connectivity index is 1.76. The molecule has 1 fully saturated rings. The first kappa shape index (κ1) is 21.8.